The van der Waals surface area contributed by atoms with Crippen LogP contribution in [0, 0.1) is 0 Å². The minimum Gasteiger partial charge on any atom is -0.368 e. The number of nitrogens with two attached hydrogens (primary N) is 1. The number of rotatable bonds is 1. The van der Waals surface area contributed by atoms with E-state index in [0.29, 0.717) is 6.54 Å². The van der Waals surface area contributed by atoms with Crippen LogP contribution >= 0.6 is 0 Å². The zero-order chi connectivity index (χ0) is 9.26. The number of carbonyl (C=O) groups excluding carboxylic acids is 1. The minimum atomic E-state index is -0.176. The largest absolute Gasteiger partial charge is 0.368 e. The van der Waals surface area contributed by atoms with Crippen LogP contribution in [0.25, 0.3) is 0 Å². The molecule has 2 saturated heterocycles. The molecule has 1 amide bonds. The summed E-state index contributed by atoms with van der Waals surface area (Å²) in [5, 5.41) is 0. The van der Waals surface area contributed by atoms with Crippen molar-refractivity contribution < 1.29 is 9.53 Å². The molecule has 0 aromatic carbocycles. The standard InChI is InChI=1S/C9H16N2O2/c10-7-3-4-11(6-7)9(12)8-2-1-5-13-8/h7-8H,1-6,10H2/t7-,8+/m1/s1. The van der Waals surface area contributed by atoms with Crippen molar-refractivity contribution in [3.8, 4) is 0 Å². The van der Waals surface area contributed by atoms with Gasteiger partial charge in [0.25, 0.3) is 5.91 Å². The summed E-state index contributed by atoms with van der Waals surface area (Å²) < 4.78 is 5.33. The second-order valence-corrected chi connectivity index (χ2v) is 3.83. The first kappa shape index (κ1) is 8.97. The first-order valence-corrected chi connectivity index (χ1v) is 4.93. The van der Waals surface area contributed by atoms with E-state index in [4.69, 9.17) is 10.5 Å². The van der Waals surface area contributed by atoms with Crippen LogP contribution in [-0.2, 0) is 9.53 Å². The first-order valence-electron chi connectivity index (χ1n) is 4.93. The van der Waals surface area contributed by atoms with E-state index in [1.807, 2.05) is 4.90 Å². The van der Waals surface area contributed by atoms with Crippen molar-refractivity contribution in [1.82, 2.24) is 4.90 Å². The van der Waals surface area contributed by atoms with Gasteiger partial charge in [0.15, 0.2) is 0 Å². The lowest BCUT2D eigenvalue weighted by atomic mass is 10.2. The highest BCUT2D eigenvalue weighted by Gasteiger charge is 2.31. The molecule has 13 heavy (non-hydrogen) atoms. The monoisotopic (exact) mass is 184 g/mol. The lowest BCUT2D eigenvalue weighted by molar-refractivity contribution is -0.139. The number of amides is 1. The van der Waals surface area contributed by atoms with E-state index < -0.39 is 0 Å². The highest BCUT2D eigenvalue weighted by Crippen LogP contribution is 2.17. The van der Waals surface area contributed by atoms with Crippen molar-refractivity contribution in [1.29, 1.82) is 0 Å². The van der Waals surface area contributed by atoms with Crippen LogP contribution in [0.2, 0.25) is 0 Å². The highest BCUT2D eigenvalue weighted by molar-refractivity contribution is 5.81. The predicted molar refractivity (Wildman–Crippen MR) is 48.1 cm³/mol. The van der Waals surface area contributed by atoms with Gasteiger partial charge in [0.1, 0.15) is 6.10 Å². The molecule has 2 aliphatic rings. The molecule has 0 aromatic rings. The Balaban J connectivity index is 1.89. The summed E-state index contributed by atoms with van der Waals surface area (Å²) in [6.07, 6.45) is 2.64. The Kier molecular flexibility index (Phi) is 2.51. The summed E-state index contributed by atoms with van der Waals surface area (Å²) in [4.78, 5) is 13.6. The van der Waals surface area contributed by atoms with E-state index in [0.717, 1.165) is 32.4 Å². The van der Waals surface area contributed by atoms with Crippen molar-refractivity contribution >= 4 is 5.91 Å². The molecule has 4 heteroatoms. The lowest BCUT2D eigenvalue weighted by Gasteiger charge is -2.19. The van der Waals surface area contributed by atoms with Crippen LogP contribution in [0.3, 0.4) is 0 Å². The van der Waals surface area contributed by atoms with Gasteiger partial charge in [0.05, 0.1) is 0 Å². The maximum Gasteiger partial charge on any atom is 0.251 e. The minimum absolute atomic E-state index is 0.144. The molecule has 2 atom stereocenters. The molecule has 2 heterocycles. The second-order valence-electron chi connectivity index (χ2n) is 3.83. The quantitative estimate of drug-likeness (QED) is 0.610. The van der Waals surface area contributed by atoms with Crippen molar-refractivity contribution in [3.05, 3.63) is 0 Å². The van der Waals surface area contributed by atoms with Crippen molar-refractivity contribution in [3.63, 3.8) is 0 Å². The van der Waals surface area contributed by atoms with Gasteiger partial charge >= 0.3 is 0 Å². The molecule has 0 bridgehead atoms. The summed E-state index contributed by atoms with van der Waals surface area (Å²) in [5.74, 6) is 0.144. The van der Waals surface area contributed by atoms with Gasteiger partial charge in [-0.2, -0.15) is 0 Å². The maximum atomic E-state index is 11.7. The zero-order valence-corrected chi connectivity index (χ0v) is 7.74. The number of nitrogens with zero attached hydrogens (tertiary/aromatic N) is 1. The first-order chi connectivity index (χ1) is 6.27. The third-order valence-electron chi connectivity index (χ3n) is 2.74. The maximum absolute atomic E-state index is 11.7. The smallest absolute Gasteiger partial charge is 0.251 e. The molecule has 2 N–H and O–H groups in total. The fourth-order valence-corrected chi connectivity index (χ4v) is 1.96. The number of likely N-dealkylation sites (tertiary alicyclic amines) is 1. The normalized spacial score (nSPS) is 34.1. The summed E-state index contributed by atoms with van der Waals surface area (Å²) in [6.45, 7) is 2.24. The summed E-state index contributed by atoms with van der Waals surface area (Å²) >= 11 is 0. The molecule has 4 nitrogen and oxygen atoms in total. The van der Waals surface area contributed by atoms with Crippen LogP contribution in [0.5, 0.6) is 0 Å². The van der Waals surface area contributed by atoms with Crippen LogP contribution < -0.4 is 5.73 Å². The molecule has 0 aliphatic carbocycles. The molecule has 0 unspecified atom stereocenters. The molecule has 0 aromatic heterocycles. The third kappa shape index (κ3) is 1.84. The van der Waals surface area contributed by atoms with Gasteiger partial charge in [0, 0.05) is 25.7 Å². The second kappa shape index (κ2) is 3.64. The van der Waals surface area contributed by atoms with Gasteiger partial charge in [-0.3, -0.25) is 4.79 Å². The van der Waals surface area contributed by atoms with Crippen LogP contribution in [0.4, 0.5) is 0 Å². The number of ether oxygens (including phenoxy) is 1. The average molecular weight is 184 g/mol. The molecule has 0 saturated carbocycles. The molecule has 2 rings (SSSR count). The van der Waals surface area contributed by atoms with Gasteiger partial charge < -0.3 is 15.4 Å². The Morgan fingerprint density at radius 1 is 1.46 bits per heavy atom. The number of hydrogen-bond donors (Lipinski definition) is 1. The Hall–Kier alpha value is -0.610. The SMILES string of the molecule is N[C@@H]1CCN(C(=O)[C@@H]2CCCO2)C1. The number of hydrogen-bond acceptors (Lipinski definition) is 3. The van der Waals surface area contributed by atoms with Crippen molar-refractivity contribution in [2.45, 2.75) is 31.4 Å². The topological polar surface area (TPSA) is 55.6 Å². The van der Waals surface area contributed by atoms with Gasteiger partial charge in [-0.25, -0.2) is 0 Å². The van der Waals surface area contributed by atoms with Gasteiger partial charge in [-0.15, -0.1) is 0 Å². The van der Waals surface area contributed by atoms with Crippen LogP contribution in [0.15, 0.2) is 0 Å². The molecular weight excluding hydrogens is 168 g/mol. The molecule has 74 valence electrons. The van der Waals surface area contributed by atoms with E-state index in [-0.39, 0.29) is 18.1 Å². The zero-order valence-electron chi connectivity index (χ0n) is 7.74. The molecule has 0 spiro atoms. The summed E-state index contributed by atoms with van der Waals surface area (Å²) in [5.41, 5.74) is 5.73. The Morgan fingerprint density at radius 3 is 2.85 bits per heavy atom. The Labute approximate surface area is 78.0 Å². The summed E-state index contributed by atoms with van der Waals surface area (Å²) in [6, 6.07) is 0.172. The van der Waals surface area contributed by atoms with Gasteiger partial charge in [0.2, 0.25) is 0 Å². The lowest BCUT2D eigenvalue weighted by Crippen LogP contribution is -2.38. The van der Waals surface area contributed by atoms with Gasteiger partial charge in [-0.1, -0.05) is 0 Å². The number of carbonyl (C=O) groups is 1. The molecule has 2 aliphatic heterocycles. The molecule has 2 fully saturated rings. The van der Waals surface area contributed by atoms with E-state index in [1.165, 1.54) is 0 Å². The van der Waals surface area contributed by atoms with Gasteiger partial charge in [-0.05, 0) is 19.3 Å². The molecule has 0 radical (unpaired) electrons. The summed E-state index contributed by atoms with van der Waals surface area (Å²) in [7, 11) is 0. The van der Waals surface area contributed by atoms with E-state index in [2.05, 4.69) is 0 Å². The fraction of sp³-hybridized carbons (Fsp3) is 0.889. The van der Waals surface area contributed by atoms with Crippen molar-refractivity contribution in [2.75, 3.05) is 19.7 Å². The Morgan fingerprint density at radius 2 is 2.31 bits per heavy atom. The molecular formula is C9H16N2O2. The van der Waals surface area contributed by atoms with E-state index >= 15 is 0 Å². The van der Waals surface area contributed by atoms with Crippen LogP contribution in [0.1, 0.15) is 19.3 Å². The Bertz CT molecular complexity index is 202. The predicted octanol–water partition coefficient (Wildman–Crippen LogP) is -0.275. The fourth-order valence-electron chi connectivity index (χ4n) is 1.96. The van der Waals surface area contributed by atoms with E-state index in [9.17, 15) is 4.79 Å². The highest BCUT2D eigenvalue weighted by atomic mass is 16.5. The van der Waals surface area contributed by atoms with Crippen molar-refractivity contribution in [2.24, 2.45) is 5.73 Å². The van der Waals surface area contributed by atoms with E-state index in [1.54, 1.807) is 0 Å². The van der Waals surface area contributed by atoms with Crippen LogP contribution in [-0.4, -0.2) is 42.6 Å². The third-order valence-corrected chi connectivity index (χ3v) is 2.74. The average Bonchev–Trinajstić information content (AvgIpc) is 2.72.